The van der Waals surface area contributed by atoms with Gasteiger partial charge in [-0.15, -0.1) is 0 Å². The van der Waals surface area contributed by atoms with E-state index in [1.54, 1.807) is 32.9 Å². The highest BCUT2D eigenvalue weighted by atomic mass is 16.6. The molecule has 2 unspecified atom stereocenters. The molecule has 2 atom stereocenters. The molecule has 7 nitrogen and oxygen atoms in total. The zero-order valence-corrected chi connectivity index (χ0v) is 12.7. The second-order valence-corrected chi connectivity index (χ2v) is 5.53. The summed E-state index contributed by atoms with van der Waals surface area (Å²) in [6.45, 7) is 5.07. The maximum Gasteiger partial charge on any atom is 0.407 e. The van der Waals surface area contributed by atoms with Gasteiger partial charge in [-0.25, -0.2) is 9.78 Å². The fraction of sp³-hybridized carbons (Fsp3) is 0.571. The number of hydrogen-bond donors (Lipinski definition) is 3. The molecule has 0 spiro atoms. The molecule has 0 aliphatic rings. The van der Waals surface area contributed by atoms with Gasteiger partial charge in [-0.1, -0.05) is 0 Å². The van der Waals surface area contributed by atoms with Crippen molar-refractivity contribution in [3.8, 4) is 5.88 Å². The summed E-state index contributed by atoms with van der Waals surface area (Å²) in [7, 11) is 1.48. The minimum absolute atomic E-state index is 0.137. The van der Waals surface area contributed by atoms with Gasteiger partial charge in [0.05, 0.1) is 7.11 Å². The molecule has 1 rings (SSSR count). The van der Waals surface area contributed by atoms with E-state index in [-0.39, 0.29) is 6.54 Å². The number of carbonyl (C=O) groups excluding carboxylic acids is 1. The summed E-state index contributed by atoms with van der Waals surface area (Å²) in [5, 5.41) is 22.2. The van der Waals surface area contributed by atoms with Crippen LogP contribution in [0.5, 0.6) is 5.88 Å². The van der Waals surface area contributed by atoms with E-state index in [1.165, 1.54) is 13.3 Å². The van der Waals surface area contributed by atoms with E-state index in [4.69, 9.17) is 9.47 Å². The Kier molecular flexibility index (Phi) is 5.92. The minimum Gasteiger partial charge on any atom is -0.481 e. The van der Waals surface area contributed by atoms with Crippen LogP contribution >= 0.6 is 0 Å². The Morgan fingerprint density at radius 2 is 2.05 bits per heavy atom. The number of nitrogens with one attached hydrogen (secondary N) is 1. The van der Waals surface area contributed by atoms with E-state index in [2.05, 4.69) is 10.3 Å². The summed E-state index contributed by atoms with van der Waals surface area (Å²) < 4.78 is 9.94. The van der Waals surface area contributed by atoms with Gasteiger partial charge in [-0.2, -0.15) is 0 Å². The molecule has 1 amide bonds. The fourth-order valence-electron chi connectivity index (χ4n) is 1.52. The van der Waals surface area contributed by atoms with Crippen molar-refractivity contribution in [1.82, 2.24) is 10.3 Å². The van der Waals surface area contributed by atoms with Gasteiger partial charge in [0, 0.05) is 24.4 Å². The van der Waals surface area contributed by atoms with E-state index in [0.29, 0.717) is 11.4 Å². The SMILES string of the molecule is COc1ccc(C(O)C(O)CNC(=O)OC(C)(C)C)cn1. The average Bonchev–Trinajstić information content (AvgIpc) is 2.42. The predicted octanol–water partition coefficient (Wildman–Crippen LogP) is 1.01. The smallest absolute Gasteiger partial charge is 0.407 e. The van der Waals surface area contributed by atoms with Gasteiger partial charge in [-0.05, 0) is 26.8 Å². The molecule has 1 aromatic heterocycles. The number of alkyl carbamates (subject to hydrolysis) is 1. The summed E-state index contributed by atoms with van der Waals surface area (Å²) in [5.74, 6) is 0.410. The molecular formula is C14H22N2O5. The summed E-state index contributed by atoms with van der Waals surface area (Å²) in [6.07, 6.45) is -1.59. The number of ether oxygens (including phenoxy) is 2. The van der Waals surface area contributed by atoms with Crippen LogP contribution in [-0.4, -0.2) is 46.6 Å². The zero-order chi connectivity index (χ0) is 16.0. The van der Waals surface area contributed by atoms with E-state index in [9.17, 15) is 15.0 Å². The monoisotopic (exact) mass is 298 g/mol. The largest absolute Gasteiger partial charge is 0.481 e. The Morgan fingerprint density at radius 3 is 2.52 bits per heavy atom. The van der Waals surface area contributed by atoms with Gasteiger partial charge in [-0.3, -0.25) is 0 Å². The van der Waals surface area contributed by atoms with Crippen LogP contribution in [0, 0.1) is 0 Å². The summed E-state index contributed by atoms with van der Waals surface area (Å²) in [6, 6.07) is 3.17. The molecule has 0 aliphatic heterocycles. The number of rotatable bonds is 5. The van der Waals surface area contributed by atoms with Crippen molar-refractivity contribution >= 4 is 6.09 Å². The highest BCUT2D eigenvalue weighted by Crippen LogP contribution is 2.18. The molecule has 0 radical (unpaired) electrons. The summed E-state index contributed by atoms with van der Waals surface area (Å²) in [4.78, 5) is 15.4. The van der Waals surface area contributed by atoms with E-state index in [0.717, 1.165) is 0 Å². The van der Waals surface area contributed by atoms with Crippen LogP contribution in [0.25, 0.3) is 0 Å². The summed E-state index contributed by atoms with van der Waals surface area (Å²) in [5.41, 5.74) is -0.192. The molecule has 0 aliphatic carbocycles. The first kappa shape index (κ1) is 17.2. The number of nitrogens with zero attached hydrogens (tertiary/aromatic N) is 1. The molecule has 7 heteroatoms. The molecular weight excluding hydrogens is 276 g/mol. The number of hydrogen-bond acceptors (Lipinski definition) is 6. The van der Waals surface area contributed by atoms with Crippen LogP contribution in [0.3, 0.4) is 0 Å². The van der Waals surface area contributed by atoms with Crippen molar-refractivity contribution in [3.05, 3.63) is 23.9 Å². The van der Waals surface area contributed by atoms with Gasteiger partial charge in [0.1, 0.15) is 17.8 Å². The van der Waals surface area contributed by atoms with Gasteiger partial charge < -0.3 is 25.0 Å². The lowest BCUT2D eigenvalue weighted by Gasteiger charge is -2.22. The molecule has 3 N–H and O–H groups in total. The fourth-order valence-corrected chi connectivity index (χ4v) is 1.52. The molecule has 21 heavy (non-hydrogen) atoms. The normalized spacial score (nSPS) is 14.2. The summed E-state index contributed by atoms with van der Waals surface area (Å²) >= 11 is 0. The van der Waals surface area contributed by atoms with Crippen LogP contribution in [0.4, 0.5) is 4.79 Å². The first-order chi connectivity index (χ1) is 9.73. The zero-order valence-electron chi connectivity index (χ0n) is 12.7. The Bertz CT molecular complexity index is 455. The van der Waals surface area contributed by atoms with Crippen LogP contribution in [0.15, 0.2) is 18.3 Å². The molecule has 1 heterocycles. The van der Waals surface area contributed by atoms with Gasteiger partial charge in [0.25, 0.3) is 0 Å². The van der Waals surface area contributed by atoms with E-state index in [1.807, 2.05) is 0 Å². The Balaban J connectivity index is 2.50. The average molecular weight is 298 g/mol. The number of methoxy groups -OCH3 is 1. The first-order valence-electron chi connectivity index (χ1n) is 6.56. The minimum atomic E-state index is -1.17. The van der Waals surface area contributed by atoms with E-state index >= 15 is 0 Å². The molecule has 0 fully saturated rings. The number of aromatic nitrogens is 1. The van der Waals surface area contributed by atoms with Crippen molar-refractivity contribution < 1.29 is 24.5 Å². The lowest BCUT2D eigenvalue weighted by Crippen LogP contribution is -2.38. The van der Waals surface area contributed by atoms with Gasteiger partial charge in [0.15, 0.2) is 0 Å². The number of aliphatic hydroxyl groups excluding tert-OH is 2. The highest BCUT2D eigenvalue weighted by Gasteiger charge is 2.21. The quantitative estimate of drug-likeness (QED) is 0.750. The Morgan fingerprint density at radius 1 is 1.38 bits per heavy atom. The topological polar surface area (TPSA) is 101 Å². The molecule has 0 bridgehead atoms. The van der Waals surface area contributed by atoms with Gasteiger partial charge >= 0.3 is 6.09 Å². The van der Waals surface area contributed by atoms with Crippen molar-refractivity contribution in [2.75, 3.05) is 13.7 Å². The predicted molar refractivity (Wildman–Crippen MR) is 76.0 cm³/mol. The van der Waals surface area contributed by atoms with Crippen molar-refractivity contribution in [2.45, 2.75) is 38.6 Å². The lowest BCUT2D eigenvalue weighted by atomic mass is 10.1. The highest BCUT2D eigenvalue weighted by molar-refractivity contribution is 5.67. The molecule has 1 aromatic rings. The Labute approximate surface area is 123 Å². The number of aliphatic hydroxyl groups is 2. The number of carbonyl (C=O) groups is 1. The second-order valence-electron chi connectivity index (χ2n) is 5.53. The van der Waals surface area contributed by atoms with Crippen LogP contribution < -0.4 is 10.1 Å². The van der Waals surface area contributed by atoms with Crippen molar-refractivity contribution in [2.24, 2.45) is 0 Å². The van der Waals surface area contributed by atoms with Crippen LogP contribution in [0.2, 0.25) is 0 Å². The van der Waals surface area contributed by atoms with E-state index < -0.39 is 23.9 Å². The standard InChI is InChI=1S/C14H22N2O5/c1-14(2,3)21-13(19)16-8-10(17)12(18)9-5-6-11(20-4)15-7-9/h5-7,10,12,17-18H,8H2,1-4H3,(H,16,19). The van der Waals surface area contributed by atoms with Crippen molar-refractivity contribution in [3.63, 3.8) is 0 Å². The maximum absolute atomic E-state index is 11.5. The molecule has 0 aromatic carbocycles. The molecule has 0 saturated carbocycles. The Hall–Kier alpha value is -1.86. The third kappa shape index (κ3) is 5.97. The van der Waals surface area contributed by atoms with Gasteiger partial charge in [0.2, 0.25) is 5.88 Å². The number of pyridine rings is 1. The maximum atomic E-state index is 11.5. The molecule has 0 saturated heterocycles. The second kappa shape index (κ2) is 7.24. The lowest BCUT2D eigenvalue weighted by molar-refractivity contribution is 0.0127. The first-order valence-corrected chi connectivity index (χ1v) is 6.56. The third-order valence-corrected chi connectivity index (χ3v) is 2.53. The molecule has 118 valence electrons. The van der Waals surface area contributed by atoms with Crippen LogP contribution in [0.1, 0.15) is 32.4 Å². The van der Waals surface area contributed by atoms with Crippen LogP contribution in [-0.2, 0) is 4.74 Å². The number of amides is 1. The third-order valence-electron chi connectivity index (χ3n) is 2.53. The van der Waals surface area contributed by atoms with Crippen molar-refractivity contribution in [1.29, 1.82) is 0 Å².